The van der Waals surface area contributed by atoms with Crippen molar-refractivity contribution in [2.24, 2.45) is 0 Å². The van der Waals surface area contributed by atoms with E-state index in [1.54, 1.807) is 7.05 Å². The minimum atomic E-state index is -0.456. The fourth-order valence-electron chi connectivity index (χ4n) is 5.05. The number of aromatic nitrogens is 3. The van der Waals surface area contributed by atoms with Crippen LogP contribution in [0.25, 0.3) is 16.7 Å². The number of hydrogen-bond donors (Lipinski definition) is 1. The molecule has 1 atom stereocenters. The number of carbonyl (C=O) groups excluding carboxylic acids is 1. The van der Waals surface area contributed by atoms with Gasteiger partial charge in [-0.05, 0) is 37.2 Å². The van der Waals surface area contributed by atoms with Crippen molar-refractivity contribution in [1.29, 1.82) is 0 Å². The van der Waals surface area contributed by atoms with Crippen LogP contribution in [0.1, 0.15) is 23.5 Å². The van der Waals surface area contributed by atoms with Gasteiger partial charge in [0.25, 0.3) is 0 Å². The van der Waals surface area contributed by atoms with E-state index in [1.807, 2.05) is 35.2 Å². The van der Waals surface area contributed by atoms with Crippen LogP contribution in [0, 0.1) is 0 Å². The zero-order valence-corrected chi connectivity index (χ0v) is 18.0. The highest BCUT2D eigenvalue weighted by Gasteiger charge is 2.47. The molecule has 8 nitrogen and oxygen atoms in total. The average molecular weight is 431 g/mol. The first kappa shape index (κ1) is 19.5. The number of likely N-dealkylation sites (N-methyl/N-ethyl adjacent to an activating group) is 1. The van der Waals surface area contributed by atoms with Gasteiger partial charge in [0.1, 0.15) is 35.8 Å². The van der Waals surface area contributed by atoms with Crippen molar-refractivity contribution in [2.45, 2.75) is 18.6 Å². The molecule has 6 rings (SSSR count). The van der Waals surface area contributed by atoms with E-state index in [2.05, 4.69) is 22.0 Å². The number of pyridine rings is 1. The highest BCUT2D eigenvalue weighted by molar-refractivity contribution is 5.81. The van der Waals surface area contributed by atoms with Gasteiger partial charge in [-0.3, -0.25) is 9.36 Å². The highest BCUT2D eigenvalue weighted by Crippen LogP contribution is 2.44. The SMILES string of the molecule is CNCC(=O)N1CC=C(c2ccc3nc4n(c3n2)C2(COC4)COc3ccccc32)CC1. The van der Waals surface area contributed by atoms with Gasteiger partial charge in [0.15, 0.2) is 5.65 Å². The lowest BCUT2D eigenvalue weighted by Gasteiger charge is -2.35. The summed E-state index contributed by atoms with van der Waals surface area (Å²) in [6.07, 6.45) is 2.90. The van der Waals surface area contributed by atoms with Gasteiger partial charge in [-0.25, -0.2) is 9.97 Å². The molecule has 164 valence electrons. The largest absolute Gasteiger partial charge is 0.490 e. The van der Waals surface area contributed by atoms with Crippen molar-refractivity contribution < 1.29 is 14.3 Å². The van der Waals surface area contributed by atoms with Gasteiger partial charge in [-0.15, -0.1) is 0 Å². The van der Waals surface area contributed by atoms with E-state index in [1.165, 1.54) is 5.57 Å². The van der Waals surface area contributed by atoms with Crippen molar-refractivity contribution in [2.75, 3.05) is 39.9 Å². The summed E-state index contributed by atoms with van der Waals surface area (Å²) in [4.78, 5) is 23.9. The molecule has 0 fully saturated rings. The van der Waals surface area contributed by atoms with Crippen molar-refractivity contribution in [3.8, 4) is 5.75 Å². The molecule has 0 saturated carbocycles. The third-order valence-electron chi connectivity index (χ3n) is 6.65. The number of hydrogen-bond acceptors (Lipinski definition) is 6. The molecule has 0 radical (unpaired) electrons. The molecule has 3 aliphatic heterocycles. The van der Waals surface area contributed by atoms with Gasteiger partial charge in [-0.2, -0.15) is 0 Å². The predicted octanol–water partition coefficient (Wildman–Crippen LogP) is 1.93. The second-order valence-electron chi connectivity index (χ2n) is 8.56. The Labute approximate surface area is 185 Å². The summed E-state index contributed by atoms with van der Waals surface area (Å²) in [5, 5.41) is 2.93. The van der Waals surface area contributed by atoms with E-state index in [9.17, 15) is 4.79 Å². The normalized spacial score (nSPS) is 21.9. The Kier molecular flexibility index (Phi) is 4.51. The van der Waals surface area contributed by atoms with Crippen LogP contribution < -0.4 is 10.1 Å². The summed E-state index contributed by atoms with van der Waals surface area (Å²) >= 11 is 0. The number of nitrogens with zero attached hydrogens (tertiary/aromatic N) is 4. The number of para-hydroxylation sites is 1. The van der Waals surface area contributed by atoms with Gasteiger partial charge in [-0.1, -0.05) is 24.3 Å². The summed E-state index contributed by atoms with van der Waals surface area (Å²) in [6, 6.07) is 12.2. The number of imidazole rings is 1. The predicted molar refractivity (Wildman–Crippen MR) is 119 cm³/mol. The van der Waals surface area contributed by atoms with Gasteiger partial charge in [0.2, 0.25) is 5.91 Å². The third-order valence-corrected chi connectivity index (χ3v) is 6.65. The molecule has 0 saturated heterocycles. The first-order valence-electron chi connectivity index (χ1n) is 11.0. The molecule has 32 heavy (non-hydrogen) atoms. The number of rotatable bonds is 3. The Morgan fingerprint density at radius 3 is 2.94 bits per heavy atom. The van der Waals surface area contributed by atoms with Gasteiger partial charge in [0, 0.05) is 18.7 Å². The molecule has 1 spiro atoms. The van der Waals surface area contributed by atoms with Gasteiger partial charge in [0.05, 0.1) is 18.8 Å². The number of benzene rings is 1. The minimum absolute atomic E-state index is 0.123. The van der Waals surface area contributed by atoms with Crippen LogP contribution in [0.3, 0.4) is 0 Å². The maximum Gasteiger partial charge on any atom is 0.236 e. The Bertz CT molecular complexity index is 1250. The average Bonchev–Trinajstić information content (AvgIpc) is 3.39. The number of nitrogens with one attached hydrogen (secondary N) is 1. The maximum atomic E-state index is 12.2. The molecule has 1 unspecified atom stereocenters. The van der Waals surface area contributed by atoms with Crippen molar-refractivity contribution in [3.63, 3.8) is 0 Å². The molecule has 1 aromatic carbocycles. The van der Waals surface area contributed by atoms with E-state index in [-0.39, 0.29) is 5.91 Å². The summed E-state index contributed by atoms with van der Waals surface area (Å²) in [5.74, 6) is 1.89. The number of amides is 1. The molecular formula is C24H25N5O3. The number of carbonyl (C=O) groups is 1. The standard InChI is InChI=1S/C24H25N5O3/c1-25-12-22(30)28-10-8-16(9-11-28)18-6-7-19-23(27-18)29-21(26-19)13-31-14-24(29)15-32-20-5-3-2-4-17(20)24/h2-8,25H,9-15H2,1H3. The Morgan fingerprint density at radius 2 is 2.09 bits per heavy atom. The van der Waals surface area contributed by atoms with E-state index in [4.69, 9.17) is 19.4 Å². The van der Waals surface area contributed by atoms with E-state index >= 15 is 0 Å². The fraction of sp³-hybridized carbons (Fsp3) is 0.375. The zero-order valence-electron chi connectivity index (χ0n) is 18.0. The van der Waals surface area contributed by atoms with Crippen LogP contribution in [0.15, 0.2) is 42.5 Å². The van der Waals surface area contributed by atoms with Crippen molar-refractivity contribution in [3.05, 3.63) is 59.6 Å². The molecule has 1 amide bonds. The van der Waals surface area contributed by atoms with E-state index in [0.717, 1.165) is 40.4 Å². The molecule has 2 aromatic heterocycles. The van der Waals surface area contributed by atoms with E-state index in [0.29, 0.717) is 39.5 Å². The molecule has 3 aromatic rings. The topological polar surface area (TPSA) is 81.5 Å². The molecule has 1 N–H and O–H groups in total. The lowest BCUT2D eigenvalue weighted by molar-refractivity contribution is -0.129. The molecule has 0 aliphatic carbocycles. The van der Waals surface area contributed by atoms with Crippen molar-refractivity contribution >= 4 is 22.6 Å². The van der Waals surface area contributed by atoms with E-state index < -0.39 is 5.54 Å². The summed E-state index contributed by atoms with van der Waals surface area (Å²) in [7, 11) is 1.79. The van der Waals surface area contributed by atoms with Crippen LogP contribution >= 0.6 is 0 Å². The second kappa shape index (κ2) is 7.43. The fourth-order valence-corrected chi connectivity index (χ4v) is 5.05. The first-order chi connectivity index (χ1) is 15.7. The number of ether oxygens (including phenoxy) is 2. The quantitative estimate of drug-likeness (QED) is 0.683. The second-order valence-corrected chi connectivity index (χ2v) is 8.56. The van der Waals surface area contributed by atoms with Crippen molar-refractivity contribution in [1.82, 2.24) is 24.8 Å². The molecule has 0 bridgehead atoms. The summed E-state index contributed by atoms with van der Waals surface area (Å²) in [5.41, 5.74) is 4.48. The van der Waals surface area contributed by atoms with Crippen LogP contribution in [0.5, 0.6) is 5.75 Å². The Hall–Kier alpha value is -3.23. The van der Waals surface area contributed by atoms with Gasteiger partial charge >= 0.3 is 0 Å². The smallest absolute Gasteiger partial charge is 0.236 e. The summed E-state index contributed by atoms with van der Waals surface area (Å²) < 4.78 is 14.3. The summed E-state index contributed by atoms with van der Waals surface area (Å²) in [6.45, 7) is 3.17. The third kappa shape index (κ3) is 2.87. The maximum absolute atomic E-state index is 12.2. The monoisotopic (exact) mass is 431 g/mol. The molecule has 8 heteroatoms. The first-order valence-corrected chi connectivity index (χ1v) is 11.0. The van der Waals surface area contributed by atoms with Gasteiger partial charge < -0.3 is 19.7 Å². The zero-order chi connectivity index (χ0) is 21.7. The molecular weight excluding hydrogens is 406 g/mol. The van der Waals surface area contributed by atoms with Crippen LogP contribution in [-0.2, 0) is 21.7 Å². The lowest BCUT2D eigenvalue weighted by atomic mass is 9.91. The molecule has 3 aliphatic rings. The Balaban J connectivity index is 1.41. The van der Waals surface area contributed by atoms with Crippen LogP contribution in [0.4, 0.5) is 0 Å². The molecule has 5 heterocycles. The minimum Gasteiger partial charge on any atom is -0.490 e. The highest BCUT2D eigenvalue weighted by atomic mass is 16.5. The lowest BCUT2D eigenvalue weighted by Crippen LogP contribution is -2.45. The van der Waals surface area contributed by atoms with Crippen LogP contribution in [-0.4, -0.2) is 65.2 Å². The Morgan fingerprint density at radius 1 is 1.19 bits per heavy atom. The van der Waals surface area contributed by atoms with Crippen LogP contribution in [0.2, 0.25) is 0 Å². The number of fused-ring (bicyclic) bond motifs is 6.